The lowest BCUT2D eigenvalue weighted by molar-refractivity contribution is -0.116. The number of aromatic nitrogens is 1. The number of carbonyl (C=O) groups excluding carboxylic acids is 1. The maximum absolute atomic E-state index is 11.0. The van der Waals surface area contributed by atoms with Crippen molar-refractivity contribution < 1.29 is 14.7 Å². The van der Waals surface area contributed by atoms with E-state index in [0.717, 1.165) is 0 Å². The minimum Gasteiger partial charge on any atom is -0.478 e. The number of halogens is 1. The van der Waals surface area contributed by atoms with Gasteiger partial charge in [-0.3, -0.25) is 4.79 Å². The molecular formula is C9H10BrN3O3. The third-order valence-corrected chi connectivity index (χ3v) is 2.25. The number of carboxylic acid groups (broad SMARTS) is 1. The van der Waals surface area contributed by atoms with E-state index in [1.165, 1.54) is 17.2 Å². The van der Waals surface area contributed by atoms with Crippen molar-refractivity contribution in [1.82, 2.24) is 4.98 Å². The third-order valence-electron chi connectivity index (χ3n) is 1.82. The minimum absolute atomic E-state index is 0.0122. The highest BCUT2D eigenvalue weighted by Gasteiger charge is 2.16. The highest BCUT2D eigenvalue weighted by Crippen LogP contribution is 2.20. The summed E-state index contributed by atoms with van der Waals surface area (Å²) in [5.41, 5.74) is 5.03. The Hall–Kier alpha value is -1.63. The van der Waals surface area contributed by atoms with Crippen LogP contribution in [0.2, 0.25) is 0 Å². The summed E-state index contributed by atoms with van der Waals surface area (Å²) in [4.78, 5) is 27.0. The van der Waals surface area contributed by atoms with Gasteiger partial charge in [0, 0.05) is 17.7 Å². The molecule has 6 nitrogen and oxygen atoms in total. The van der Waals surface area contributed by atoms with Gasteiger partial charge in [-0.25, -0.2) is 9.78 Å². The number of amides is 1. The van der Waals surface area contributed by atoms with E-state index in [1.807, 2.05) is 0 Å². The average molecular weight is 288 g/mol. The van der Waals surface area contributed by atoms with Crippen molar-refractivity contribution >= 4 is 33.6 Å². The van der Waals surface area contributed by atoms with Crippen molar-refractivity contribution in [3.8, 4) is 0 Å². The zero-order valence-corrected chi connectivity index (χ0v) is 10.1. The fourth-order valence-corrected chi connectivity index (χ4v) is 1.53. The molecule has 1 aromatic rings. The third kappa shape index (κ3) is 2.93. The van der Waals surface area contributed by atoms with Gasteiger partial charge in [0.15, 0.2) is 0 Å². The lowest BCUT2D eigenvalue weighted by Crippen LogP contribution is -2.32. The normalized spacial score (nSPS) is 9.88. The topological polar surface area (TPSA) is 96.5 Å². The summed E-state index contributed by atoms with van der Waals surface area (Å²) < 4.78 is 0.557. The number of carboxylic acids is 1. The maximum Gasteiger partial charge on any atom is 0.339 e. The smallest absolute Gasteiger partial charge is 0.339 e. The molecule has 0 saturated heterocycles. The second-order valence-corrected chi connectivity index (χ2v) is 4.07. The van der Waals surface area contributed by atoms with Crippen molar-refractivity contribution in [3.63, 3.8) is 0 Å². The number of hydrogen-bond acceptors (Lipinski definition) is 4. The highest BCUT2D eigenvalue weighted by atomic mass is 79.9. The Morgan fingerprint density at radius 2 is 2.25 bits per heavy atom. The van der Waals surface area contributed by atoms with Crippen LogP contribution < -0.4 is 10.6 Å². The van der Waals surface area contributed by atoms with Crippen LogP contribution in [-0.4, -0.2) is 35.6 Å². The Kier molecular flexibility index (Phi) is 3.83. The van der Waals surface area contributed by atoms with Crippen molar-refractivity contribution in [2.45, 2.75) is 0 Å². The lowest BCUT2D eigenvalue weighted by Gasteiger charge is -2.17. The number of likely N-dealkylation sites (N-methyl/N-ethyl adjacent to an activating group) is 1. The van der Waals surface area contributed by atoms with E-state index in [0.29, 0.717) is 4.47 Å². The molecule has 0 aliphatic carbocycles. The second-order valence-electron chi connectivity index (χ2n) is 3.15. The van der Waals surface area contributed by atoms with Crippen LogP contribution in [0.5, 0.6) is 0 Å². The molecule has 1 amide bonds. The van der Waals surface area contributed by atoms with Gasteiger partial charge < -0.3 is 15.7 Å². The van der Waals surface area contributed by atoms with E-state index in [1.54, 1.807) is 7.05 Å². The summed E-state index contributed by atoms with van der Waals surface area (Å²) >= 11 is 3.13. The summed E-state index contributed by atoms with van der Waals surface area (Å²) in [6, 6.07) is 1.42. The Labute approximate surface area is 100 Å². The average Bonchev–Trinajstić information content (AvgIpc) is 2.16. The van der Waals surface area contributed by atoms with Gasteiger partial charge in [-0.05, 0) is 22.0 Å². The standard InChI is InChI=1S/C9H10BrN3O3/c1-13(4-7(11)14)8-6(9(15)16)2-5(10)3-12-8/h2-3H,4H2,1H3,(H2,11,14)(H,15,16). The number of carbonyl (C=O) groups is 2. The molecule has 0 aromatic carbocycles. The summed E-state index contributed by atoms with van der Waals surface area (Å²) in [5.74, 6) is -1.46. The first-order chi connectivity index (χ1) is 7.41. The first-order valence-electron chi connectivity index (χ1n) is 4.30. The number of anilines is 1. The van der Waals surface area contributed by atoms with Crippen LogP contribution in [0.1, 0.15) is 10.4 Å². The van der Waals surface area contributed by atoms with Crippen molar-refractivity contribution in [2.75, 3.05) is 18.5 Å². The van der Waals surface area contributed by atoms with E-state index >= 15 is 0 Å². The van der Waals surface area contributed by atoms with Crippen LogP contribution >= 0.6 is 15.9 Å². The van der Waals surface area contributed by atoms with Gasteiger partial charge in [0.05, 0.1) is 6.54 Å². The fourth-order valence-electron chi connectivity index (χ4n) is 1.20. The number of aromatic carboxylic acids is 1. The zero-order chi connectivity index (χ0) is 12.3. The number of pyridine rings is 1. The Bertz CT molecular complexity index is 436. The SMILES string of the molecule is CN(CC(N)=O)c1ncc(Br)cc1C(=O)O. The zero-order valence-electron chi connectivity index (χ0n) is 8.48. The van der Waals surface area contributed by atoms with Gasteiger partial charge in [-0.15, -0.1) is 0 Å². The molecule has 7 heteroatoms. The summed E-state index contributed by atoms with van der Waals surface area (Å²) in [6.07, 6.45) is 1.46. The van der Waals surface area contributed by atoms with Gasteiger partial charge in [0.2, 0.25) is 5.91 Å². The molecule has 0 spiro atoms. The molecule has 0 aliphatic rings. The molecular weight excluding hydrogens is 278 g/mol. The fraction of sp³-hybridized carbons (Fsp3) is 0.222. The van der Waals surface area contributed by atoms with Crippen LogP contribution in [0.3, 0.4) is 0 Å². The Balaban J connectivity index is 3.12. The van der Waals surface area contributed by atoms with Crippen LogP contribution in [0, 0.1) is 0 Å². The molecule has 0 aliphatic heterocycles. The second kappa shape index (κ2) is 4.93. The van der Waals surface area contributed by atoms with E-state index in [9.17, 15) is 9.59 Å². The van der Waals surface area contributed by atoms with Gasteiger partial charge in [0.25, 0.3) is 0 Å². The summed E-state index contributed by atoms with van der Waals surface area (Å²) in [5, 5.41) is 8.97. The molecule has 1 aromatic heterocycles. The van der Waals surface area contributed by atoms with E-state index in [-0.39, 0.29) is 17.9 Å². The maximum atomic E-state index is 11.0. The molecule has 0 unspecified atom stereocenters. The predicted molar refractivity (Wildman–Crippen MR) is 61.4 cm³/mol. The minimum atomic E-state index is -1.11. The molecule has 86 valence electrons. The van der Waals surface area contributed by atoms with Crippen molar-refractivity contribution in [1.29, 1.82) is 0 Å². The van der Waals surface area contributed by atoms with E-state index in [2.05, 4.69) is 20.9 Å². The number of primary amides is 1. The summed E-state index contributed by atoms with van der Waals surface area (Å²) in [7, 11) is 1.55. The largest absolute Gasteiger partial charge is 0.478 e. The van der Waals surface area contributed by atoms with E-state index in [4.69, 9.17) is 10.8 Å². The number of rotatable bonds is 4. The summed E-state index contributed by atoms with van der Waals surface area (Å²) in [6.45, 7) is -0.0884. The number of hydrogen-bond donors (Lipinski definition) is 2. The monoisotopic (exact) mass is 287 g/mol. The molecule has 0 bridgehead atoms. The first-order valence-corrected chi connectivity index (χ1v) is 5.09. The molecule has 1 rings (SSSR count). The molecule has 0 radical (unpaired) electrons. The van der Waals surface area contributed by atoms with Crippen LogP contribution in [-0.2, 0) is 4.79 Å². The van der Waals surface area contributed by atoms with Gasteiger partial charge in [-0.2, -0.15) is 0 Å². The van der Waals surface area contributed by atoms with Gasteiger partial charge in [0.1, 0.15) is 11.4 Å². The number of nitrogens with zero attached hydrogens (tertiary/aromatic N) is 2. The Morgan fingerprint density at radius 1 is 1.62 bits per heavy atom. The molecule has 3 N–H and O–H groups in total. The van der Waals surface area contributed by atoms with E-state index < -0.39 is 11.9 Å². The molecule has 16 heavy (non-hydrogen) atoms. The molecule has 0 saturated carbocycles. The molecule has 0 atom stereocenters. The highest BCUT2D eigenvalue weighted by molar-refractivity contribution is 9.10. The Morgan fingerprint density at radius 3 is 2.75 bits per heavy atom. The molecule has 0 fully saturated rings. The predicted octanol–water partition coefficient (Wildman–Crippen LogP) is 0.464. The van der Waals surface area contributed by atoms with Crippen molar-refractivity contribution in [3.05, 3.63) is 22.3 Å². The lowest BCUT2D eigenvalue weighted by atomic mass is 10.2. The van der Waals surface area contributed by atoms with Crippen LogP contribution in [0.15, 0.2) is 16.7 Å². The van der Waals surface area contributed by atoms with Crippen LogP contribution in [0.4, 0.5) is 5.82 Å². The molecule has 1 heterocycles. The first kappa shape index (κ1) is 12.4. The quantitative estimate of drug-likeness (QED) is 0.839. The number of nitrogens with two attached hydrogens (primary N) is 1. The van der Waals surface area contributed by atoms with Gasteiger partial charge >= 0.3 is 5.97 Å². The van der Waals surface area contributed by atoms with Gasteiger partial charge in [-0.1, -0.05) is 0 Å². The van der Waals surface area contributed by atoms with Crippen LogP contribution in [0.25, 0.3) is 0 Å². The van der Waals surface area contributed by atoms with Crippen molar-refractivity contribution in [2.24, 2.45) is 5.73 Å².